The molecule has 1 heterocycles. The summed E-state index contributed by atoms with van der Waals surface area (Å²) < 4.78 is 0. The minimum Gasteiger partial charge on any atom is -0.393 e. The summed E-state index contributed by atoms with van der Waals surface area (Å²) in [6.45, 7) is 11.9. The van der Waals surface area contributed by atoms with E-state index >= 15 is 0 Å². The molecular formula is C16H33N3O2. The maximum absolute atomic E-state index is 11.8. The summed E-state index contributed by atoms with van der Waals surface area (Å²) in [5.41, 5.74) is 0. The number of amides is 2. The molecule has 0 radical (unpaired) electrons. The number of likely N-dealkylation sites (tertiary alicyclic amines) is 1. The molecule has 3 N–H and O–H groups in total. The number of aliphatic hydroxyl groups is 1. The Kier molecular flexibility index (Phi) is 8.04. The first kappa shape index (κ1) is 18.2. The maximum atomic E-state index is 11.8. The van der Waals surface area contributed by atoms with E-state index in [4.69, 9.17) is 0 Å². The first-order valence-corrected chi connectivity index (χ1v) is 8.34. The van der Waals surface area contributed by atoms with Crippen molar-refractivity contribution in [3.8, 4) is 0 Å². The van der Waals surface area contributed by atoms with Crippen molar-refractivity contribution in [1.29, 1.82) is 0 Å². The molecule has 2 atom stereocenters. The Morgan fingerprint density at radius 2 is 2.00 bits per heavy atom. The topological polar surface area (TPSA) is 64.6 Å². The van der Waals surface area contributed by atoms with Crippen LogP contribution in [0.3, 0.4) is 0 Å². The zero-order valence-electron chi connectivity index (χ0n) is 14.1. The van der Waals surface area contributed by atoms with Gasteiger partial charge >= 0.3 is 6.03 Å². The largest absolute Gasteiger partial charge is 0.393 e. The number of rotatable bonds is 8. The second kappa shape index (κ2) is 9.26. The van der Waals surface area contributed by atoms with E-state index in [9.17, 15) is 9.90 Å². The number of nitrogens with zero attached hydrogens (tertiary/aromatic N) is 1. The molecule has 1 saturated heterocycles. The molecule has 0 saturated carbocycles. The molecule has 1 rings (SSSR count). The van der Waals surface area contributed by atoms with Gasteiger partial charge in [-0.1, -0.05) is 27.7 Å². The Hall–Kier alpha value is -0.810. The molecule has 21 heavy (non-hydrogen) atoms. The molecule has 124 valence electrons. The Balaban J connectivity index is 2.17. The first-order chi connectivity index (χ1) is 9.90. The van der Waals surface area contributed by atoms with Crippen LogP contribution in [0.1, 0.15) is 47.0 Å². The molecule has 0 aromatic carbocycles. The average Bonchev–Trinajstić information content (AvgIpc) is 2.82. The van der Waals surface area contributed by atoms with Crippen LogP contribution in [0, 0.1) is 11.8 Å². The highest BCUT2D eigenvalue weighted by atomic mass is 16.3. The zero-order valence-corrected chi connectivity index (χ0v) is 14.1. The first-order valence-electron chi connectivity index (χ1n) is 8.34. The van der Waals surface area contributed by atoms with Crippen LogP contribution < -0.4 is 10.6 Å². The fourth-order valence-electron chi connectivity index (χ4n) is 2.78. The van der Waals surface area contributed by atoms with E-state index in [1.165, 1.54) is 12.8 Å². The highest BCUT2D eigenvalue weighted by Gasteiger charge is 2.25. The van der Waals surface area contributed by atoms with Gasteiger partial charge in [0.2, 0.25) is 0 Å². The van der Waals surface area contributed by atoms with Crippen LogP contribution in [0.5, 0.6) is 0 Å². The number of hydrogen-bond donors (Lipinski definition) is 3. The summed E-state index contributed by atoms with van der Waals surface area (Å²) in [5, 5.41) is 15.5. The van der Waals surface area contributed by atoms with E-state index in [1.54, 1.807) is 0 Å². The number of nitrogens with one attached hydrogen (secondary N) is 2. The third-order valence-electron chi connectivity index (χ3n) is 4.09. The quantitative estimate of drug-likeness (QED) is 0.640. The number of aliphatic hydroxyl groups excluding tert-OH is 1. The van der Waals surface area contributed by atoms with Gasteiger partial charge in [0.05, 0.1) is 6.10 Å². The monoisotopic (exact) mass is 299 g/mol. The summed E-state index contributed by atoms with van der Waals surface area (Å²) >= 11 is 0. The average molecular weight is 299 g/mol. The maximum Gasteiger partial charge on any atom is 0.314 e. The molecule has 5 heteroatoms. The lowest BCUT2D eigenvalue weighted by molar-refractivity contribution is 0.116. The SMILES string of the molecule is CC(C)CN1CCC[C@H]1CNC(=O)NCCC(O)C(C)C. The Labute approximate surface area is 129 Å². The van der Waals surface area contributed by atoms with Gasteiger partial charge in [0.15, 0.2) is 0 Å². The van der Waals surface area contributed by atoms with Crippen molar-refractivity contribution in [2.24, 2.45) is 11.8 Å². The minimum absolute atomic E-state index is 0.123. The third kappa shape index (κ3) is 7.14. The lowest BCUT2D eigenvalue weighted by Crippen LogP contribution is -2.45. The second-order valence-corrected chi connectivity index (χ2v) is 6.92. The molecule has 5 nitrogen and oxygen atoms in total. The molecular weight excluding hydrogens is 266 g/mol. The van der Waals surface area contributed by atoms with Crippen molar-refractivity contribution in [3.05, 3.63) is 0 Å². The van der Waals surface area contributed by atoms with Crippen molar-refractivity contribution in [1.82, 2.24) is 15.5 Å². The van der Waals surface area contributed by atoms with Crippen LogP contribution in [-0.2, 0) is 0 Å². The van der Waals surface area contributed by atoms with Crippen molar-refractivity contribution in [3.63, 3.8) is 0 Å². The van der Waals surface area contributed by atoms with Gasteiger partial charge < -0.3 is 15.7 Å². The van der Waals surface area contributed by atoms with Gasteiger partial charge in [-0.05, 0) is 37.6 Å². The third-order valence-corrected chi connectivity index (χ3v) is 4.09. The van der Waals surface area contributed by atoms with Crippen molar-refractivity contribution in [2.75, 3.05) is 26.2 Å². The lowest BCUT2D eigenvalue weighted by Gasteiger charge is -2.26. The highest BCUT2D eigenvalue weighted by Crippen LogP contribution is 2.17. The van der Waals surface area contributed by atoms with E-state index in [0.29, 0.717) is 31.5 Å². The van der Waals surface area contributed by atoms with Gasteiger partial charge in [0, 0.05) is 25.7 Å². The molecule has 0 aromatic heterocycles. The summed E-state index contributed by atoms with van der Waals surface area (Å²) in [4.78, 5) is 14.2. The van der Waals surface area contributed by atoms with Gasteiger partial charge in [-0.2, -0.15) is 0 Å². The van der Waals surface area contributed by atoms with E-state index in [1.807, 2.05) is 13.8 Å². The lowest BCUT2D eigenvalue weighted by atomic mass is 10.0. The molecule has 0 aromatic rings. The number of urea groups is 1. The Morgan fingerprint density at radius 1 is 1.29 bits per heavy atom. The predicted molar refractivity (Wildman–Crippen MR) is 86.3 cm³/mol. The summed E-state index contributed by atoms with van der Waals surface area (Å²) in [5.74, 6) is 0.898. The van der Waals surface area contributed by atoms with E-state index in [-0.39, 0.29) is 18.1 Å². The van der Waals surface area contributed by atoms with Crippen LogP contribution in [0.2, 0.25) is 0 Å². The molecule has 1 fully saturated rings. The predicted octanol–water partition coefficient (Wildman–Crippen LogP) is 1.81. The van der Waals surface area contributed by atoms with Gasteiger partial charge in [0.1, 0.15) is 0 Å². The Morgan fingerprint density at radius 3 is 2.62 bits per heavy atom. The fraction of sp³-hybridized carbons (Fsp3) is 0.938. The van der Waals surface area contributed by atoms with Crippen LogP contribution in [0.15, 0.2) is 0 Å². The zero-order chi connectivity index (χ0) is 15.8. The van der Waals surface area contributed by atoms with Crippen LogP contribution in [0.4, 0.5) is 4.79 Å². The molecule has 1 unspecified atom stereocenters. The summed E-state index contributed by atoms with van der Waals surface area (Å²) in [6, 6.07) is 0.349. The van der Waals surface area contributed by atoms with E-state index in [0.717, 1.165) is 13.1 Å². The van der Waals surface area contributed by atoms with Gasteiger partial charge in [-0.25, -0.2) is 4.79 Å². The molecule has 0 aliphatic carbocycles. The van der Waals surface area contributed by atoms with Crippen LogP contribution in [-0.4, -0.2) is 54.4 Å². The molecule has 0 spiro atoms. The number of carbonyl (C=O) groups excluding carboxylic acids is 1. The van der Waals surface area contributed by atoms with Crippen LogP contribution in [0.25, 0.3) is 0 Å². The second-order valence-electron chi connectivity index (χ2n) is 6.92. The molecule has 0 bridgehead atoms. The standard InChI is InChI=1S/C16H33N3O2/c1-12(2)11-19-9-5-6-14(19)10-18-16(21)17-8-7-15(20)13(3)4/h12-15,20H,5-11H2,1-4H3,(H2,17,18,21)/t14-,15?/m0/s1. The highest BCUT2D eigenvalue weighted by molar-refractivity contribution is 5.73. The smallest absolute Gasteiger partial charge is 0.314 e. The Bertz CT molecular complexity index is 308. The fourth-order valence-corrected chi connectivity index (χ4v) is 2.78. The van der Waals surface area contributed by atoms with Crippen molar-refractivity contribution >= 4 is 6.03 Å². The minimum atomic E-state index is -0.346. The summed E-state index contributed by atoms with van der Waals surface area (Å²) in [6.07, 6.45) is 2.65. The normalized spacial score (nSPS) is 21.0. The molecule has 1 aliphatic rings. The van der Waals surface area contributed by atoms with Crippen molar-refractivity contribution in [2.45, 2.75) is 59.1 Å². The van der Waals surface area contributed by atoms with E-state index in [2.05, 4.69) is 29.4 Å². The van der Waals surface area contributed by atoms with Gasteiger partial charge in [0.25, 0.3) is 0 Å². The molecule has 1 aliphatic heterocycles. The number of hydrogen-bond acceptors (Lipinski definition) is 3. The number of carbonyl (C=O) groups is 1. The van der Waals surface area contributed by atoms with E-state index < -0.39 is 0 Å². The van der Waals surface area contributed by atoms with Crippen LogP contribution >= 0.6 is 0 Å². The van der Waals surface area contributed by atoms with Gasteiger partial charge in [-0.15, -0.1) is 0 Å². The molecule has 2 amide bonds. The van der Waals surface area contributed by atoms with Crippen molar-refractivity contribution < 1.29 is 9.90 Å². The van der Waals surface area contributed by atoms with Gasteiger partial charge in [-0.3, -0.25) is 4.90 Å². The summed E-state index contributed by atoms with van der Waals surface area (Å²) in [7, 11) is 0.